The van der Waals surface area contributed by atoms with Crippen molar-refractivity contribution in [2.24, 2.45) is 4.99 Å². The molecule has 0 bridgehead atoms. The number of nitrogens with zero attached hydrogens (tertiary/aromatic N) is 2. The number of guanidine groups is 1. The number of piperidine rings is 1. The van der Waals surface area contributed by atoms with Gasteiger partial charge in [0.05, 0.1) is 6.10 Å². The second kappa shape index (κ2) is 13.2. The molecule has 0 radical (unpaired) electrons. The van der Waals surface area contributed by atoms with Crippen LogP contribution in [0.2, 0.25) is 0 Å². The van der Waals surface area contributed by atoms with Crippen molar-refractivity contribution in [3.8, 4) is 0 Å². The van der Waals surface area contributed by atoms with E-state index in [0.29, 0.717) is 12.1 Å². The Morgan fingerprint density at radius 3 is 2.48 bits per heavy atom. The van der Waals surface area contributed by atoms with Crippen molar-refractivity contribution < 1.29 is 4.74 Å². The molecule has 27 heavy (non-hydrogen) atoms. The van der Waals surface area contributed by atoms with Gasteiger partial charge in [-0.15, -0.1) is 0 Å². The molecule has 156 valence electrons. The van der Waals surface area contributed by atoms with E-state index in [2.05, 4.69) is 34.0 Å². The molecular formula is C22H42N4O. The van der Waals surface area contributed by atoms with E-state index in [0.717, 1.165) is 38.7 Å². The fourth-order valence-electron chi connectivity index (χ4n) is 4.10. The molecule has 0 amide bonds. The molecule has 2 aliphatic rings. The van der Waals surface area contributed by atoms with Gasteiger partial charge in [-0.3, -0.25) is 9.89 Å². The third kappa shape index (κ3) is 9.61. The second-order valence-corrected chi connectivity index (χ2v) is 8.34. The summed E-state index contributed by atoms with van der Waals surface area (Å²) in [5.41, 5.74) is 1.25. The van der Waals surface area contributed by atoms with E-state index in [1.54, 1.807) is 0 Å². The summed E-state index contributed by atoms with van der Waals surface area (Å²) in [4.78, 5) is 6.88. The fraction of sp³-hybridized carbons (Fsp3) is 0.864. The predicted octanol–water partition coefficient (Wildman–Crippen LogP) is 3.71. The zero-order valence-electron chi connectivity index (χ0n) is 17.8. The molecule has 2 fully saturated rings. The van der Waals surface area contributed by atoms with Crippen LogP contribution in [-0.2, 0) is 4.74 Å². The van der Waals surface area contributed by atoms with Crippen molar-refractivity contribution >= 4 is 5.96 Å². The molecule has 1 saturated heterocycles. The van der Waals surface area contributed by atoms with Gasteiger partial charge in [0, 0.05) is 45.9 Å². The summed E-state index contributed by atoms with van der Waals surface area (Å²) in [5, 5.41) is 7.06. The summed E-state index contributed by atoms with van der Waals surface area (Å²) in [6, 6.07) is 0.529. The van der Waals surface area contributed by atoms with Gasteiger partial charge in [-0.1, -0.05) is 31.4 Å². The number of rotatable bonds is 10. The quantitative estimate of drug-likeness (QED) is 0.263. The van der Waals surface area contributed by atoms with Gasteiger partial charge in [0.1, 0.15) is 0 Å². The molecule has 0 aromatic rings. The summed E-state index contributed by atoms with van der Waals surface area (Å²) < 4.78 is 6.00. The van der Waals surface area contributed by atoms with E-state index in [1.165, 1.54) is 69.8 Å². The Kier molecular flexibility index (Phi) is 10.8. The molecular weight excluding hydrogens is 336 g/mol. The number of hydrogen-bond acceptors (Lipinski definition) is 3. The van der Waals surface area contributed by atoms with Crippen LogP contribution in [0.5, 0.6) is 0 Å². The predicted molar refractivity (Wildman–Crippen MR) is 115 cm³/mol. The Labute approximate surface area is 167 Å². The van der Waals surface area contributed by atoms with Gasteiger partial charge >= 0.3 is 0 Å². The highest BCUT2D eigenvalue weighted by atomic mass is 16.5. The fourth-order valence-corrected chi connectivity index (χ4v) is 4.10. The van der Waals surface area contributed by atoms with Crippen molar-refractivity contribution in [1.29, 1.82) is 0 Å². The lowest BCUT2D eigenvalue weighted by atomic mass is 9.98. The Balaban J connectivity index is 1.47. The van der Waals surface area contributed by atoms with Crippen LogP contribution in [0.1, 0.15) is 71.1 Å². The number of likely N-dealkylation sites (tertiary alicyclic amines) is 1. The molecule has 0 atom stereocenters. The van der Waals surface area contributed by atoms with Crippen LogP contribution in [0.25, 0.3) is 0 Å². The Morgan fingerprint density at radius 2 is 1.81 bits per heavy atom. The highest BCUT2D eigenvalue weighted by Gasteiger charge is 2.19. The maximum atomic E-state index is 6.00. The second-order valence-electron chi connectivity index (χ2n) is 8.34. The van der Waals surface area contributed by atoms with E-state index in [1.807, 2.05) is 7.05 Å². The molecule has 1 aliphatic carbocycles. The van der Waals surface area contributed by atoms with E-state index >= 15 is 0 Å². The van der Waals surface area contributed by atoms with Crippen LogP contribution in [0.4, 0.5) is 0 Å². The first-order valence-electron chi connectivity index (χ1n) is 11.1. The Hall–Kier alpha value is -1.07. The Morgan fingerprint density at radius 1 is 1.07 bits per heavy atom. The topological polar surface area (TPSA) is 48.9 Å². The lowest BCUT2D eigenvalue weighted by Crippen LogP contribution is -2.49. The number of nitrogens with one attached hydrogen (secondary N) is 2. The maximum Gasteiger partial charge on any atom is 0.191 e. The lowest BCUT2D eigenvalue weighted by molar-refractivity contribution is 0.0264. The molecule has 1 aliphatic heterocycles. The first-order chi connectivity index (χ1) is 13.2. The standard InChI is InChI=1S/C22H42N4O/c1-19(2)18-26-15-12-20(13-16-26)25-22(23-3)24-14-8-5-9-17-27-21-10-6-4-7-11-21/h20-21H,1,4-18H2,2-3H3,(H2,23,24,25). The summed E-state index contributed by atoms with van der Waals surface area (Å²) in [6.07, 6.45) is 13.1. The van der Waals surface area contributed by atoms with Crippen molar-refractivity contribution in [3.05, 3.63) is 12.2 Å². The van der Waals surface area contributed by atoms with Crippen LogP contribution < -0.4 is 10.6 Å². The molecule has 1 heterocycles. The smallest absolute Gasteiger partial charge is 0.191 e. The maximum absolute atomic E-state index is 6.00. The van der Waals surface area contributed by atoms with Crippen LogP contribution in [-0.4, -0.2) is 62.8 Å². The van der Waals surface area contributed by atoms with Crippen molar-refractivity contribution in [2.75, 3.05) is 39.8 Å². The van der Waals surface area contributed by atoms with E-state index in [-0.39, 0.29) is 0 Å². The van der Waals surface area contributed by atoms with Gasteiger partial charge in [0.2, 0.25) is 0 Å². The monoisotopic (exact) mass is 378 g/mol. The molecule has 0 aromatic carbocycles. The highest BCUT2D eigenvalue weighted by molar-refractivity contribution is 5.79. The van der Waals surface area contributed by atoms with Crippen molar-refractivity contribution in [2.45, 2.75) is 83.3 Å². The van der Waals surface area contributed by atoms with Crippen LogP contribution in [0.15, 0.2) is 17.1 Å². The van der Waals surface area contributed by atoms with Crippen LogP contribution in [0.3, 0.4) is 0 Å². The third-order valence-electron chi connectivity index (χ3n) is 5.66. The van der Waals surface area contributed by atoms with Gasteiger partial charge in [0.25, 0.3) is 0 Å². The van der Waals surface area contributed by atoms with Gasteiger partial charge in [-0.05, 0) is 51.9 Å². The summed E-state index contributed by atoms with van der Waals surface area (Å²) in [7, 11) is 1.86. The molecule has 0 aromatic heterocycles. The summed E-state index contributed by atoms with van der Waals surface area (Å²) in [5.74, 6) is 0.951. The minimum Gasteiger partial charge on any atom is -0.378 e. The summed E-state index contributed by atoms with van der Waals surface area (Å²) in [6.45, 7) is 11.4. The van der Waals surface area contributed by atoms with E-state index in [9.17, 15) is 0 Å². The average molecular weight is 379 g/mol. The molecule has 1 saturated carbocycles. The largest absolute Gasteiger partial charge is 0.378 e. The molecule has 5 nitrogen and oxygen atoms in total. The normalized spacial score (nSPS) is 20.6. The minimum absolute atomic E-state index is 0.529. The van der Waals surface area contributed by atoms with Crippen molar-refractivity contribution in [1.82, 2.24) is 15.5 Å². The highest BCUT2D eigenvalue weighted by Crippen LogP contribution is 2.20. The first kappa shape index (κ1) is 22.2. The number of aliphatic imine (C=N–C) groups is 1. The molecule has 2 rings (SSSR count). The molecule has 5 heteroatoms. The van der Waals surface area contributed by atoms with Gasteiger partial charge in [-0.25, -0.2) is 0 Å². The Bertz CT molecular complexity index is 438. The van der Waals surface area contributed by atoms with Crippen LogP contribution in [0, 0.1) is 0 Å². The molecule has 0 spiro atoms. The molecule has 2 N–H and O–H groups in total. The first-order valence-corrected chi connectivity index (χ1v) is 11.1. The SMILES string of the molecule is C=C(C)CN1CCC(NC(=NC)NCCCCCOC2CCCCC2)CC1. The zero-order chi connectivity index (χ0) is 19.3. The third-order valence-corrected chi connectivity index (χ3v) is 5.66. The lowest BCUT2D eigenvalue weighted by Gasteiger charge is -2.33. The minimum atomic E-state index is 0.529. The van der Waals surface area contributed by atoms with Gasteiger partial charge in [-0.2, -0.15) is 0 Å². The van der Waals surface area contributed by atoms with E-state index < -0.39 is 0 Å². The van der Waals surface area contributed by atoms with Gasteiger partial charge in [0.15, 0.2) is 5.96 Å². The van der Waals surface area contributed by atoms with Crippen LogP contribution >= 0.6 is 0 Å². The number of ether oxygens (including phenoxy) is 1. The zero-order valence-corrected chi connectivity index (χ0v) is 17.8. The summed E-state index contributed by atoms with van der Waals surface area (Å²) >= 11 is 0. The van der Waals surface area contributed by atoms with Crippen molar-refractivity contribution in [3.63, 3.8) is 0 Å². The number of unbranched alkanes of at least 4 members (excludes halogenated alkanes) is 2. The van der Waals surface area contributed by atoms with Gasteiger partial charge < -0.3 is 15.4 Å². The molecule has 0 unspecified atom stereocenters. The van der Waals surface area contributed by atoms with E-state index in [4.69, 9.17) is 4.74 Å². The average Bonchev–Trinajstić information content (AvgIpc) is 2.68. The number of hydrogen-bond donors (Lipinski definition) is 2.